The van der Waals surface area contributed by atoms with E-state index < -0.39 is 15.9 Å². The zero-order valence-electron chi connectivity index (χ0n) is 16.1. The van der Waals surface area contributed by atoms with E-state index in [-0.39, 0.29) is 11.7 Å². The Labute approximate surface area is 174 Å². The summed E-state index contributed by atoms with van der Waals surface area (Å²) in [5, 5.41) is 6.10. The molecular formula is C20H21ClN4O3S. The summed E-state index contributed by atoms with van der Waals surface area (Å²) in [4.78, 5) is 12.2. The number of aryl methyl sites for hydroxylation is 2. The summed E-state index contributed by atoms with van der Waals surface area (Å²) in [6, 6.07) is 7.57. The summed E-state index contributed by atoms with van der Waals surface area (Å²) in [5.41, 5.74) is 2.40. The van der Waals surface area contributed by atoms with E-state index in [0.29, 0.717) is 5.02 Å². The number of aromatic nitrogens is 3. The van der Waals surface area contributed by atoms with Crippen LogP contribution in [0.1, 0.15) is 24.1 Å². The number of amides is 1. The molecule has 3 aromatic rings. The molecule has 0 radical (unpaired) electrons. The van der Waals surface area contributed by atoms with Gasteiger partial charge >= 0.3 is 0 Å². The Morgan fingerprint density at radius 1 is 1.34 bits per heavy atom. The summed E-state index contributed by atoms with van der Waals surface area (Å²) < 4.78 is 29.8. The SMILES string of the molecule is Cc1nn(C)c(-n2ccc3cc(Cl)ccc32)c1/C=C/C(=O)NS(=O)(=O)CC1CC1. The molecule has 0 aliphatic heterocycles. The lowest BCUT2D eigenvalue weighted by atomic mass is 10.2. The van der Waals surface area contributed by atoms with Crippen LogP contribution in [0.15, 0.2) is 36.5 Å². The maximum absolute atomic E-state index is 12.2. The van der Waals surface area contributed by atoms with Gasteiger partial charge in [0.05, 0.1) is 17.0 Å². The van der Waals surface area contributed by atoms with Crippen LogP contribution in [0.25, 0.3) is 22.8 Å². The quantitative estimate of drug-likeness (QED) is 0.606. The molecule has 0 saturated heterocycles. The lowest BCUT2D eigenvalue weighted by Gasteiger charge is -2.08. The second kappa shape index (κ2) is 7.35. The van der Waals surface area contributed by atoms with Gasteiger partial charge in [0.15, 0.2) is 0 Å². The van der Waals surface area contributed by atoms with Gasteiger partial charge in [-0.1, -0.05) is 11.6 Å². The number of halogens is 1. The summed E-state index contributed by atoms with van der Waals surface area (Å²) in [6.07, 6.45) is 6.55. The van der Waals surface area contributed by atoms with Crippen LogP contribution in [0, 0.1) is 12.8 Å². The summed E-state index contributed by atoms with van der Waals surface area (Å²) >= 11 is 6.08. The number of carbonyl (C=O) groups excluding carboxylic acids is 1. The van der Waals surface area contributed by atoms with Gasteiger partial charge < -0.3 is 4.57 Å². The van der Waals surface area contributed by atoms with Crippen molar-refractivity contribution >= 4 is 44.5 Å². The molecule has 1 fully saturated rings. The fraction of sp³-hybridized carbons (Fsp3) is 0.300. The Balaban J connectivity index is 1.64. The standard InChI is InChI=1S/C20H21ClN4O3S/c1-13-17(6-8-19(26)23-29(27,28)12-14-3-4-14)20(24(2)22-13)25-10-9-15-11-16(21)5-7-18(15)25/h5-11,14H,3-4,12H2,1-2H3,(H,23,26)/b8-6+. The third-order valence-electron chi connectivity index (χ3n) is 4.93. The van der Waals surface area contributed by atoms with Gasteiger partial charge in [-0.25, -0.2) is 13.1 Å². The highest BCUT2D eigenvalue weighted by atomic mass is 35.5. The van der Waals surface area contributed by atoms with Gasteiger partial charge in [-0.2, -0.15) is 5.10 Å². The van der Waals surface area contributed by atoms with Crippen molar-refractivity contribution in [2.45, 2.75) is 19.8 Å². The molecule has 152 valence electrons. The van der Waals surface area contributed by atoms with E-state index in [4.69, 9.17) is 11.6 Å². The number of hydrogen-bond acceptors (Lipinski definition) is 4. The summed E-state index contributed by atoms with van der Waals surface area (Å²) in [6.45, 7) is 1.84. The minimum absolute atomic E-state index is 0.00165. The molecule has 1 aliphatic rings. The van der Waals surface area contributed by atoms with E-state index in [2.05, 4.69) is 9.82 Å². The number of nitrogens with zero attached hydrogens (tertiary/aromatic N) is 3. The smallest absolute Gasteiger partial charge is 0.257 e. The molecule has 2 aromatic heterocycles. The Hall–Kier alpha value is -2.58. The minimum Gasteiger partial charge on any atom is -0.301 e. The van der Waals surface area contributed by atoms with Crippen LogP contribution < -0.4 is 4.72 Å². The minimum atomic E-state index is -3.60. The number of sulfonamides is 1. The third kappa shape index (κ3) is 4.23. The van der Waals surface area contributed by atoms with Crippen LogP contribution in [-0.4, -0.2) is 34.4 Å². The molecular weight excluding hydrogens is 412 g/mol. The van der Waals surface area contributed by atoms with E-state index in [1.807, 2.05) is 49.0 Å². The summed E-state index contributed by atoms with van der Waals surface area (Å²) in [5.74, 6) is 0.280. The number of fused-ring (bicyclic) bond motifs is 1. The van der Waals surface area contributed by atoms with Crippen LogP contribution in [0.5, 0.6) is 0 Å². The Kier molecular flexibility index (Phi) is 5.00. The molecule has 0 unspecified atom stereocenters. The van der Waals surface area contributed by atoms with Crippen LogP contribution >= 0.6 is 11.6 Å². The second-order valence-corrected chi connectivity index (χ2v) is 9.56. The van der Waals surface area contributed by atoms with E-state index >= 15 is 0 Å². The summed E-state index contributed by atoms with van der Waals surface area (Å²) in [7, 11) is -1.78. The Morgan fingerprint density at radius 2 is 2.10 bits per heavy atom. The van der Waals surface area contributed by atoms with Gasteiger partial charge in [-0.05, 0) is 56.0 Å². The van der Waals surface area contributed by atoms with Crippen LogP contribution in [-0.2, 0) is 21.9 Å². The Bertz CT molecular complexity index is 1240. The van der Waals surface area contributed by atoms with Crippen LogP contribution in [0.3, 0.4) is 0 Å². The number of nitrogens with one attached hydrogen (secondary N) is 1. The largest absolute Gasteiger partial charge is 0.301 e. The molecule has 29 heavy (non-hydrogen) atoms. The zero-order valence-corrected chi connectivity index (χ0v) is 17.7. The second-order valence-electron chi connectivity index (χ2n) is 7.36. The number of carbonyl (C=O) groups is 1. The molecule has 1 aliphatic carbocycles. The molecule has 7 nitrogen and oxygen atoms in total. The van der Waals surface area contributed by atoms with Crippen molar-refractivity contribution in [1.29, 1.82) is 0 Å². The maximum atomic E-state index is 12.2. The average Bonchev–Trinajstić information content (AvgIpc) is 3.25. The third-order valence-corrected chi connectivity index (χ3v) is 6.58. The number of benzene rings is 1. The molecule has 1 aromatic carbocycles. The fourth-order valence-corrected chi connectivity index (χ4v) is 5.02. The van der Waals surface area contributed by atoms with Crippen molar-refractivity contribution in [2.75, 3.05) is 5.75 Å². The van der Waals surface area contributed by atoms with Crippen molar-refractivity contribution in [3.63, 3.8) is 0 Å². The lowest BCUT2D eigenvalue weighted by Crippen LogP contribution is -2.31. The molecule has 0 spiro atoms. The monoisotopic (exact) mass is 432 g/mol. The fourth-order valence-electron chi connectivity index (χ4n) is 3.42. The first kappa shape index (κ1) is 19.7. The molecule has 1 N–H and O–H groups in total. The number of hydrogen-bond donors (Lipinski definition) is 1. The highest BCUT2D eigenvalue weighted by molar-refractivity contribution is 7.90. The lowest BCUT2D eigenvalue weighted by molar-refractivity contribution is -0.114. The Morgan fingerprint density at radius 3 is 2.83 bits per heavy atom. The van der Waals surface area contributed by atoms with Crippen LogP contribution in [0.2, 0.25) is 5.02 Å². The first-order valence-electron chi connectivity index (χ1n) is 9.26. The van der Waals surface area contributed by atoms with Crippen LogP contribution in [0.4, 0.5) is 0 Å². The number of rotatable bonds is 6. The maximum Gasteiger partial charge on any atom is 0.257 e. The predicted molar refractivity (Wildman–Crippen MR) is 113 cm³/mol. The molecule has 1 amide bonds. The van der Waals surface area contributed by atoms with Crippen molar-refractivity contribution in [3.05, 3.63) is 52.8 Å². The van der Waals surface area contributed by atoms with Crippen molar-refractivity contribution in [3.8, 4) is 5.82 Å². The van der Waals surface area contributed by atoms with Gasteiger partial charge in [0.25, 0.3) is 5.91 Å². The van der Waals surface area contributed by atoms with Gasteiger partial charge in [0, 0.05) is 35.3 Å². The molecule has 9 heteroatoms. The molecule has 0 atom stereocenters. The van der Waals surface area contributed by atoms with Gasteiger partial charge in [0.1, 0.15) is 5.82 Å². The van der Waals surface area contributed by atoms with Gasteiger partial charge in [0.2, 0.25) is 10.0 Å². The van der Waals surface area contributed by atoms with E-state index in [9.17, 15) is 13.2 Å². The highest BCUT2D eigenvalue weighted by Crippen LogP contribution is 2.30. The van der Waals surface area contributed by atoms with E-state index in [1.54, 1.807) is 10.8 Å². The topological polar surface area (TPSA) is 86.0 Å². The van der Waals surface area contributed by atoms with Crippen molar-refractivity contribution in [2.24, 2.45) is 13.0 Å². The molecule has 4 rings (SSSR count). The zero-order chi connectivity index (χ0) is 20.8. The van der Waals surface area contributed by atoms with E-state index in [1.165, 1.54) is 6.08 Å². The van der Waals surface area contributed by atoms with Crippen molar-refractivity contribution < 1.29 is 13.2 Å². The highest BCUT2D eigenvalue weighted by Gasteiger charge is 2.28. The van der Waals surface area contributed by atoms with Gasteiger partial charge in [-0.15, -0.1) is 0 Å². The molecule has 2 heterocycles. The van der Waals surface area contributed by atoms with Gasteiger partial charge in [-0.3, -0.25) is 9.48 Å². The molecule has 0 bridgehead atoms. The normalized spacial score (nSPS) is 14.7. The van der Waals surface area contributed by atoms with E-state index in [0.717, 1.165) is 40.8 Å². The van der Waals surface area contributed by atoms with Crippen molar-refractivity contribution in [1.82, 2.24) is 19.1 Å². The molecule has 1 saturated carbocycles. The predicted octanol–water partition coefficient (Wildman–Crippen LogP) is 3.20. The first-order chi connectivity index (χ1) is 13.7. The first-order valence-corrected chi connectivity index (χ1v) is 11.3. The average molecular weight is 433 g/mol.